The maximum Gasteiger partial charge on any atom is 0.340 e. The summed E-state index contributed by atoms with van der Waals surface area (Å²) >= 11 is 6.15. The Kier molecular flexibility index (Phi) is 6.19. The zero-order valence-corrected chi connectivity index (χ0v) is 16.7. The van der Waals surface area contributed by atoms with Gasteiger partial charge in [-0.15, -0.1) is 0 Å². The van der Waals surface area contributed by atoms with Gasteiger partial charge >= 0.3 is 5.97 Å². The zero-order chi connectivity index (χ0) is 19.4. The highest BCUT2D eigenvalue weighted by Crippen LogP contribution is 2.27. The van der Waals surface area contributed by atoms with Crippen LogP contribution in [0.4, 0.5) is 0 Å². The van der Waals surface area contributed by atoms with Gasteiger partial charge < -0.3 is 4.74 Å². The Morgan fingerprint density at radius 3 is 2.41 bits per heavy atom. The lowest BCUT2D eigenvalue weighted by atomic mass is 10.1. The van der Waals surface area contributed by atoms with Crippen molar-refractivity contribution in [1.82, 2.24) is 4.31 Å². The predicted octanol–water partition coefficient (Wildman–Crippen LogP) is 4.43. The van der Waals surface area contributed by atoms with Crippen LogP contribution in [-0.2, 0) is 14.8 Å². The van der Waals surface area contributed by atoms with Crippen molar-refractivity contribution < 1.29 is 17.9 Å². The zero-order valence-electron chi connectivity index (χ0n) is 15.1. The van der Waals surface area contributed by atoms with E-state index in [4.69, 9.17) is 16.3 Å². The molecule has 144 valence electrons. The van der Waals surface area contributed by atoms with Crippen LogP contribution in [0, 0.1) is 0 Å². The lowest BCUT2D eigenvalue weighted by Gasteiger charge is -2.26. The summed E-state index contributed by atoms with van der Waals surface area (Å²) in [6.45, 7) is 2.75. The van der Waals surface area contributed by atoms with Crippen LogP contribution in [0.3, 0.4) is 0 Å². The van der Waals surface area contributed by atoms with Gasteiger partial charge in [0.2, 0.25) is 10.0 Å². The minimum atomic E-state index is -3.65. The van der Waals surface area contributed by atoms with Crippen LogP contribution in [0.15, 0.2) is 53.4 Å². The minimum Gasteiger partial charge on any atom is -0.454 e. The van der Waals surface area contributed by atoms with Crippen molar-refractivity contribution in [3.63, 3.8) is 0 Å². The number of halogens is 1. The van der Waals surface area contributed by atoms with E-state index in [9.17, 15) is 13.2 Å². The van der Waals surface area contributed by atoms with Crippen molar-refractivity contribution in [2.24, 2.45) is 0 Å². The quantitative estimate of drug-likeness (QED) is 0.687. The highest BCUT2D eigenvalue weighted by Gasteiger charge is 2.28. The van der Waals surface area contributed by atoms with Gasteiger partial charge in [0.1, 0.15) is 6.10 Å². The summed E-state index contributed by atoms with van der Waals surface area (Å²) in [5.74, 6) is -0.646. The summed E-state index contributed by atoms with van der Waals surface area (Å²) in [6.07, 6.45) is 2.24. The fraction of sp³-hybridized carbons (Fsp3) is 0.350. The molecule has 7 heteroatoms. The molecule has 2 aromatic rings. The van der Waals surface area contributed by atoms with E-state index in [2.05, 4.69) is 0 Å². The van der Waals surface area contributed by atoms with Gasteiger partial charge in [-0.25, -0.2) is 13.2 Å². The second kappa shape index (κ2) is 8.42. The first-order valence-corrected chi connectivity index (χ1v) is 10.8. The number of hydrogen-bond donors (Lipinski definition) is 0. The van der Waals surface area contributed by atoms with Gasteiger partial charge in [0.05, 0.1) is 15.5 Å². The van der Waals surface area contributed by atoms with Crippen molar-refractivity contribution in [2.75, 3.05) is 13.1 Å². The van der Waals surface area contributed by atoms with Crippen LogP contribution in [0.2, 0.25) is 5.02 Å². The van der Waals surface area contributed by atoms with E-state index >= 15 is 0 Å². The molecular weight excluding hydrogens is 386 g/mol. The minimum absolute atomic E-state index is 0.0533. The van der Waals surface area contributed by atoms with E-state index in [0.717, 1.165) is 24.8 Å². The van der Waals surface area contributed by atoms with Gasteiger partial charge in [0.15, 0.2) is 0 Å². The van der Waals surface area contributed by atoms with Gasteiger partial charge in [-0.1, -0.05) is 48.4 Å². The molecule has 27 heavy (non-hydrogen) atoms. The summed E-state index contributed by atoms with van der Waals surface area (Å²) in [4.78, 5) is 12.7. The molecule has 1 aliphatic heterocycles. The lowest BCUT2D eigenvalue weighted by molar-refractivity contribution is 0.0338. The Hall–Kier alpha value is -1.89. The average molecular weight is 408 g/mol. The molecule has 0 spiro atoms. The van der Waals surface area contributed by atoms with Gasteiger partial charge in [-0.2, -0.15) is 4.31 Å². The highest BCUT2D eigenvalue weighted by molar-refractivity contribution is 7.89. The molecule has 5 nitrogen and oxygen atoms in total. The number of sulfonamides is 1. The van der Waals surface area contributed by atoms with Crippen molar-refractivity contribution >= 4 is 27.6 Å². The molecule has 1 fully saturated rings. The van der Waals surface area contributed by atoms with Crippen LogP contribution >= 0.6 is 11.6 Å². The Bertz CT molecular complexity index is 909. The number of hydrogen-bond acceptors (Lipinski definition) is 4. The van der Waals surface area contributed by atoms with Crippen molar-refractivity contribution in [3.05, 3.63) is 64.7 Å². The Balaban J connectivity index is 1.83. The SMILES string of the molecule is CC(OC(=O)c1cc(S(=O)(=O)N2CCCCC2)ccc1Cl)c1ccccc1. The van der Waals surface area contributed by atoms with Crippen LogP contribution < -0.4 is 0 Å². The average Bonchev–Trinajstić information content (AvgIpc) is 2.69. The molecule has 1 heterocycles. The molecule has 1 aliphatic rings. The molecular formula is C20H22ClNO4S. The monoisotopic (exact) mass is 407 g/mol. The highest BCUT2D eigenvalue weighted by atomic mass is 35.5. The molecule has 0 saturated carbocycles. The molecule has 0 aromatic heterocycles. The second-order valence-electron chi connectivity index (χ2n) is 6.56. The van der Waals surface area contributed by atoms with Crippen LogP contribution in [0.1, 0.15) is 48.2 Å². The van der Waals surface area contributed by atoms with E-state index in [1.807, 2.05) is 30.3 Å². The normalized spacial score (nSPS) is 16.7. The molecule has 1 saturated heterocycles. The fourth-order valence-corrected chi connectivity index (χ4v) is 4.83. The van der Waals surface area contributed by atoms with Gasteiger partial charge in [-0.3, -0.25) is 0 Å². The molecule has 0 aliphatic carbocycles. The predicted molar refractivity (Wildman–Crippen MR) is 104 cm³/mol. The number of carbonyl (C=O) groups excluding carboxylic acids is 1. The lowest BCUT2D eigenvalue weighted by Crippen LogP contribution is -2.35. The van der Waals surface area contributed by atoms with Gasteiger partial charge in [0, 0.05) is 13.1 Å². The van der Waals surface area contributed by atoms with Gasteiger partial charge in [0.25, 0.3) is 0 Å². The number of ether oxygens (including phenoxy) is 1. The first kappa shape index (κ1) is 19.9. The number of piperidine rings is 1. The van der Waals surface area contributed by atoms with Crippen molar-refractivity contribution in [1.29, 1.82) is 0 Å². The summed E-state index contributed by atoms with van der Waals surface area (Å²) in [5, 5.41) is 0.165. The molecule has 3 rings (SSSR count). The largest absolute Gasteiger partial charge is 0.454 e. The Labute approximate surface area is 165 Å². The van der Waals surface area contributed by atoms with E-state index < -0.39 is 22.1 Å². The number of rotatable bonds is 5. The standard InChI is InChI=1S/C20H22ClNO4S/c1-15(16-8-4-2-5-9-16)26-20(23)18-14-17(10-11-19(18)21)27(24,25)22-12-6-3-7-13-22/h2,4-5,8-11,14-15H,3,6-7,12-13H2,1H3. The third kappa shape index (κ3) is 4.51. The maximum absolute atomic E-state index is 12.8. The summed E-state index contributed by atoms with van der Waals surface area (Å²) in [7, 11) is -3.65. The molecule has 0 N–H and O–H groups in total. The molecule has 0 radical (unpaired) electrons. The first-order chi connectivity index (χ1) is 12.9. The van der Waals surface area contributed by atoms with Crippen molar-refractivity contribution in [2.45, 2.75) is 37.2 Å². The third-order valence-electron chi connectivity index (χ3n) is 4.66. The second-order valence-corrected chi connectivity index (χ2v) is 8.91. The summed E-state index contributed by atoms with van der Waals surface area (Å²) in [5.41, 5.74) is 0.900. The summed E-state index contributed by atoms with van der Waals surface area (Å²) < 4.78 is 32.6. The van der Waals surface area contributed by atoms with Crippen LogP contribution in [0.25, 0.3) is 0 Å². The van der Waals surface area contributed by atoms with E-state index in [-0.39, 0.29) is 15.5 Å². The topological polar surface area (TPSA) is 63.7 Å². The Morgan fingerprint density at radius 2 is 1.74 bits per heavy atom. The van der Waals surface area contributed by atoms with E-state index in [1.54, 1.807) is 6.92 Å². The number of carbonyl (C=O) groups is 1. The smallest absolute Gasteiger partial charge is 0.340 e. The van der Waals surface area contributed by atoms with Crippen LogP contribution in [0.5, 0.6) is 0 Å². The number of nitrogens with zero attached hydrogens (tertiary/aromatic N) is 1. The summed E-state index contributed by atoms with van der Waals surface area (Å²) in [6, 6.07) is 13.5. The first-order valence-electron chi connectivity index (χ1n) is 8.95. The molecule has 1 unspecified atom stereocenters. The van der Waals surface area contributed by atoms with E-state index in [1.165, 1.54) is 22.5 Å². The fourth-order valence-electron chi connectivity index (χ4n) is 3.09. The van der Waals surface area contributed by atoms with Gasteiger partial charge in [-0.05, 0) is 43.5 Å². The van der Waals surface area contributed by atoms with Crippen molar-refractivity contribution in [3.8, 4) is 0 Å². The molecule has 0 bridgehead atoms. The molecule has 1 atom stereocenters. The Morgan fingerprint density at radius 1 is 1.07 bits per heavy atom. The van der Waals surface area contributed by atoms with E-state index in [0.29, 0.717) is 13.1 Å². The maximum atomic E-state index is 12.8. The van der Waals surface area contributed by atoms with Crippen LogP contribution in [-0.4, -0.2) is 31.8 Å². The molecule has 0 amide bonds. The molecule has 2 aromatic carbocycles. The number of esters is 1. The number of benzene rings is 2. The third-order valence-corrected chi connectivity index (χ3v) is 6.89.